The minimum atomic E-state index is -3.24. The second-order valence-corrected chi connectivity index (χ2v) is 5.62. The van der Waals surface area contributed by atoms with E-state index in [1.807, 2.05) is 0 Å². The lowest BCUT2D eigenvalue weighted by molar-refractivity contribution is 0.595. The van der Waals surface area contributed by atoms with E-state index in [2.05, 4.69) is 0 Å². The molecule has 1 aromatic carbocycles. The first kappa shape index (κ1) is 12.5. The maximum Gasteiger partial charge on any atom is 0.234 e. The second-order valence-electron chi connectivity index (χ2n) is 3.33. The summed E-state index contributed by atoms with van der Waals surface area (Å²) in [6.07, 6.45) is 0. The summed E-state index contributed by atoms with van der Waals surface area (Å²) in [5.41, 5.74) is 6.44. The van der Waals surface area contributed by atoms with E-state index in [1.165, 1.54) is 11.4 Å². The number of benzene rings is 1. The molecule has 0 aromatic heterocycles. The molecule has 0 heterocycles. The predicted molar refractivity (Wildman–Crippen MR) is 65.3 cm³/mol. The molecule has 0 radical (unpaired) electrons. The third-order valence-electron chi connectivity index (χ3n) is 2.32. The highest BCUT2D eigenvalue weighted by molar-refractivity contribution is 7.92. The Bertz CT molecular complexity index is 479. The summed E-state index contributed by atoms with van der Waals surface area (Å²) in [7, 11) is -1.73. The van der Waals surface area contributed by atoms with Crippen LogP contribution in [0, 0.1) is 5.41 Å². The van der Waals surface area contributed by atoms with Crippen molar-refractivity contribution in [3.8, 4) is 0 Å². The lowest BCUT2D eigenvalue weighted by atomic mass is 10.2. The fourth-order valence-corrected chi connectivity index (χ4v) is 2.04. The molecule has 0 aliphatic carbocycles. The average Bonchev–Trinajstić information content (AvgIpc) is 2.28. The van der Waals surface area contributed by atoms with Gasteiger partial charge in [-0.2, -0.15) is 0 Å². The van der Waals surface area contributed by atoms with Crippen molar-refractivity contribution in [1.29, 1.82) is 5.41 Å². The predicted octanol–water partition coefficient (Wildman–Crippen LogP) is 0.757. The van der Waals surface area contributed by atoms with E-state index < -0.39 is 10.0 Å². The van der Waals surface area contributed by atoms with Gasteiger partial charge in [0, 0.05) is 12.6 Å². The summed E-state index contributed by atoms with van der Waals surface area (Å²) in [6, 6.07) is 6.51. The Morgan fingerprint density at radius 1 is 1.38 bits per heavy atom. The first-order valence-corrected chi connectivity index (χ1v) is 6.40. The number of amidine groups is 1. The van der Waals surface area contributed by atoms with E-state index in [0.717, 1.165) is 0 Å². The molecule has 0 unspecified atom stereocenters. The smallest absolute Gasteiger partial charge is 0.234 e. The molecule has 0 aliphatic heterocycles. The van der Waals surface area contributed by atoms with Gasteiger partial charge in [-0.05, 0) is 31.2 Å². The molecule has 0 bridgehead atoms. The molecule has 1 rings (SSSR count). The number of sulfonamides is 1. The van der Waals surface area contributed by atoms with E-state index in [-0.39, 0.29) is 11.6 Å². The Kier molecular flexibility index (Phi) is 3.54. The van der Waals surface area contributed by atoms with Gasteiger partial charge >= 0.3 is 0 Å². The van der Waals surface area contributed by atoms with Crippen LogP contribution in [0.4, 0.5) is 5.69 Å². The van der Waals surface area contributed by atoms with Gasteiger partial charge in [0.25, 0.3) is 0 Å². The highest BCUT2D eigenvalue weighted by Gasteiger charge is 2.15. The van der Waals surface area contributed by atoms with Crippen molar-refractivity contribution in [2.45, 2.75) is 6.92 Å². The van der Waals surface area contributed by atoms with Gasteiger partial charge in [0.1, 0.15) is 5.84 Å². The third kappa shape index (κ3) is 2.52. The number of nitrogens with one attached hydrogen (secondary N) is 1. The van der Waals surface area contributed by atoms with Gasteiger partial charge in [-0.15, -0.1) is 0 Å². The number of hydrogen-bond acceptors (Lipinski definition) is 3. The summed E-state index contributed by atoms with van der Waals surface area (Å²) >= 11 is 0. The maximum absolute atomic E-state index is 11.6. The summed E-state index contributed by atoms with van der Waals surface area (Å²) in [5.74, 6) is 0.0189. The van der Waals surface area contributed by atoms with E-state index in [1.54, 1.807) is 31.2 Å². The molecule has 16 heavy (non-hydrogen) atoms. The highest BCUT2D eigenvalue weighted by Crippen LogP contribution is 2.16. The molecule has 5 nitrogen and oxygen atoms in total. The third-order valence-corrected chi connectivity index (χ3v) is 4.10. The lowest BCUT2D eigenvalue weighted by Crippen LogP contribution is -2.28. The van der Waals surface area contributed by atoms with Crippen molar-refractivity contribution in [2.75, 3.05) is 17.1 Å². The Labute approximate surface area is 95.4 Å². The topological polar surface area (TPSA) is 87.2 Å². The van der Waals surface area contributed by atoms with E-state index in [4.69, 9.17) is 11.1 Å². The fourth-order valence-electron chi connectivity index (χ4n) is 1.21. The van der Waals surface area contributed by atoms with Crippen LogP contribution < -0.4 is 10.0 Å². The molecule has 0 amide bonds. The molecular formula is C10H15N3O2S. The van der Waals surface area contributed by atoms with Crippen LogP contribution >= 0.6 is 0 Å². The SMILES string of the molecule is CCS(=O)(=O)N(C)c1ccc(C(=N)N)cc1. The van der Waals surface area contributed by atoms with Crippen molar-refractivity contribution >= 4 is 21.5 Å². The first-order valence-electron chi connectivity index (χ1n) is 4.79. The normalized spacial score (nSPS) is 11.1. The van der Waals surface area contributed by atoms with E-state index >= 15 is 0 Å². The summed E-state index contributed by atoms with van der Waals surface area (Å²) < 4.78 is 24.4. The molecule has 0 atom stereocenters. The molecule has 0 spiro atoms. The Hall–Kier alpha value is -1.56. The number of rotatable bonds is 4. The zero-order chi connectivity index (χ0) is 12.3. The van der Waals surface area contributed by atoms with Gasteiger partial charge in [0.2, 0.25) is 10.0 Å². The lowest BCUT2D eigenvalue weighted by Gasteiger charge is -2.18. The first-order chi connectivity index (χ1) is 7.38. The number of nitrogens with two attached hydrogens (primary N) is 1. The zero-order valence-electron chi connectivity index (χ0n) is 9.27. The largest absolute Gasteiger partial charge is 0.384 e. The van der Waals surface area contributed by atoms with Crippen molar-refractivity contribution in [2.24, 2.45) is 5.73 Å². The van der Waals surface area contributed by atoms with Gasteiger partial charge in [-0.1, -0.05) is 0 Å². The van der Waals surface area contributed by atoms with Gasteiger partial charge in [0.15, 0.2) is 0 Å². The van der Waals surface area contributed by atoms with Crippen molar-refractivity contribution in [3.63, 3.8) is 0 Å². The van der Waals surface area contributed by atoms with Crippen LogP contribution in [0.15, 0.2) is 24.3 Å². The second kappa shape index (κ2) is 4.52. The zero-order valence-corrected chi connectivity index (χ0v) is 10.1. The van der Waals surface area contributed by atoms with E-state index in [0.29, 0.717) is 11.3 Å². The molecule has 0 saturated heterocycles. The van der Waals surface area contributed by atoms with Crippen LogP contribution in [0.25, 0.3) is 0 Å². The maximum atomic E-state index is 11.6. The minimum Gasteiger partial charge on any atom is -0.384 e. The Morgan fingerprint density at radius 2 is 1.88 bits per heavy atom. The number of nitrogen functional groups attached to an aromatic ring is 1. The molecule has 0 saturated carbocycles. The van der Waals surface area contributed by atoms with E-state index in [9.17, 15) is 8.42 Å². The van der Waals surface area contributed by atoms with Crippen LogP contribution in [0.3, 0.4) is 0 Å². The Morgan fingerprint density at radius 3 is 2.25 bits per heavy atom. The van der Waals surface area contributed by atoms with Gasteiger partial charge in [0.05, 0.1) is 11.4 Å². The summed E-state index contributed by atoms with van der Waals surface area (Å²) in [4.78, 5) is 0. The standard InChI is InChI=1S/C10H15N3O2S/c1-3-16(14,15)13(2)9-6-4-8(5-7-9)10(11)12/h4-7H,3H2,1-2H3,(H3,11,12). The van der Waals surface area contributed by atoms with Crippen LogP contribution in [-0.4, -0.2) is 27.1 Å². The Balaban J connectivity index is 3.03. The summed E-state index contributed by atoms with van der Waals surface area (Å²) in [6.45, 7) is 1.59. The minimum absolute atomic E-state index is 0.0347. The van der Waals surface area contributed by atoms with Crippen LogP contribution in [0.5, 0.6) is 0 Å². The van der Waals surface area contributed by atoms with Crippen molar-refractivity contribution in [1.82, 2.24) is 0 Å². The molecular weight excluding hydrogens is 226 g/mol. The molecule has 1 aromatic rings. The number of anilines is 1. The van der Waals surface area contributed by atoms with Gasteiger partial charge < -0.3 is 5.73 Å². The van der Waals surface area contributed by atoms with Gasteiger partial charge in [-0.25, -0.2) is 8.42 Å². The summed E-state index contributed by atoms with van der Waals surface area (Å²) in [5, 5.41) is 7.22. The fraction of sp³-hybridized carbons (Fsp3) is 0.300. The van der Waals surface area contributed by atoms with Gasteiger partial charge in [-0.3, -0.25) is 9.71 Å². The number of hydrogen-bond donors (Lipinski definition) is 2. The molecule has 88 valence electrons. The van der Waals surface area contributed by atoms with Crippen molar-refractivity contribution < 1.29 is 8.42 Å². The molecule has 0 fully saturated rings. The average molecular weight is 241 g/mol. The van der Waals surface area contributed by atoms with Crippen LogP contribution in [0.1, 0.15) is 12.5 Å². The monoisotopic (exact) mass is 241 g/mol. The highest BCUT2D eigenvalue weighted by atomic mass is 32.2. The number of nitrogens with zero attached hydrogens (tertiary/aromatic N) is 1. The molecule has 3 N–H and O–H groups in total. The van der Waals surface area contributed by atoms with Crippen LogP contribution in [0.2, 0.25) is 0 Å². The quantitative estimate of drug-likeness (QED) is 0.602. The van der Waals surface area contributed by atoms with Crippen molar-refractivity contribution in [3.05, 3.63) is 29.8 Å². The molecule has 6 heteroatoms. The van der Waals surface area contributed by atoms with Crippen LogP contribution in [-0.2, 0) is 10.0 Å². The molecule has 0 aliphatic rings.